The molecule has 2 heterocycles. The highest BCUT2D eigenvalue weighted by atomic mass is 16.1. The highest BCUT2D eigenvalue weighted by Crippen LogP contribution is 2.30. The minimum absolute atomic E-state index is 0.00359. The minimum atomic E-state index is 0.00359. The van der Waals surface area contributed by atoms with E-state index in [4.69, 9.17) is 0 Å². The molecule has 0 amide bonds. The van der Waals surface area contributed by atoms with Crippen LogP contribution >= 0.6 is 0 Å². The Labute approximate surface area is 192 Å². The molecule has 0 saturated heterocycles. The monoisotopic (exact) mass is 441 g/mol. The number of benzene rings is 2. The summed E-state index contributed by atoms with van der Waals surface area (Å²) in [6.45, 7) is 6.52. The van der Waals surface area contributed by atoms with Crippen LogP contribution in [0.3, 0.4) is 0 Å². The van der Waals surface area contributed by atoms with Crippen LogP contribution in [-0.4, -0.2) is 41.2 Å². The van der Waals surface area contributed by atoms with Gasteiger partial charge in [0.2, 0.25) is 17.4 Å². The van der Waals surface area contributed by atoms with Gasteiger partial charge >= 0.3 is 0 Å². The van der Waals surface area contributed by atoms with Crippen molar-refractivity contribution in [3.63, 3.8) is 0 Å². The molecule has 0 spiro atoms. The van der Waals surface area contributed by atoms with Crippen LogP contribution in [0.2, 0.25) is 0 Å². The molecule has 8 heteroatoms. The Morgan fingerprint density at radius 3 is 2.61 bits per heavy atom. The normalized spacial score (nSPS) is 10.9. The molecule has 0 atom stereocenters. The molecular formula is C25H27N7O. The zero-order chi connectivity index (χ0) is 23.0. The molecule has 0 fully saturated rings. The van der Waals surface area contributed by atoms with Gasteiger partial charge in [0, 0.05) is 24.9 Å². The van der Waals surface area contributed by atoms with Gasteiger partial charge in [0.1, 0.15) is 5.82 Å². The average Bonchev–Trinajstić information content (AvgIpc) is 3.52. The maximum absolute atomic E-state index is 12.5. The number of ketones is 1. The van der Waals surface area contributed by atoms with E-state index in [1.54, 1.807) is 0 Å². The zero-order valence-corrected chi connectivity index (χ0v) is 18.7. The van der Waals surface area contributed by atoms with Gasteiger partial charge in [0.15, 0.2) is 0 Å². The number of Topliss-reactive ketones (excluding diaryl/α,β-unsaturated/α-hetero) is 1. The van der Waals surface area contributed by atoms with Crippen LogP contribution in [0, 0.1) is 0 Å². The number of aryl methyl sites for hydroxylation is 1. The fraction of sp³-hybridized carbons (Fsp3) is 0.280. The van der Waals surface area contributed by atoms with Gasteiger partial charge in [-0.25, -0.2) is 9.67 Å². The van der Waals surface area contributed by atoms with Crippen LogP contribution in [0.25, 0.3) is 22.5 Å². The predicted octanol–water partition coefficient (Wildman–Crippen LogP) is 4.67. The van der Waals surface area contributed by atoms with E-state index in [-0.39, 0.29) is 5.78 Å². The van der Waals surface area contributed by atoms with Gasteiger partial charge < -0.3 is 0 Å². The number of aromatic amines is 1. The molecule has 33 heavy (non-hydrogen) atoms. The van der Waals surface area contributed by atoms with Crippen LogP contribution in [0.1, 0.15) is 54.6 Å². The second kappa shape index (κ2) is 10.6. The van der Waals surface area contributed by atoms with Crippen molar-refractivity contribution in [2.45, 2.75) is 45.6 Å². The summed E-state index contributed by atoms with van der Waals surface area (Å²) in [5.41, 5.74) is 4.10. The molecule has 2 aromatic carbocycles. The molecule has 0 aliphatic carbocycles. The zero-order valence-electron chi connectivity index (χ0n) is 18.7. The molecule has 0 saturated carbocycles. The number of H-pyrrole nitrogens is 1. The van der Waals surface area contributed by atoms with Crippen molar-refractivity contribution in [3.05, 3.63) is 78.4 Å². The molecule has 8 nitrogen and oxygen atoms in total. The quantitative estimate of drug-likeness (QED) is 0.268. The molecule has 0 aliphatic rings. The molecule has 0 bridgehead atoms. The van der Waals surface area contributed by atoms with Crippen molar-refractivity contribution < 1.29 is 4.79 Å². The van der Waals surface area contributed by atoms with Crippen LogP contribution in [0.5, 0.6) is 0 Å². The fourth-order valence-electron chi connectivity index (χ4n) is 3.66. The van der Waals surface area contributed by atoms with Gasteiger partial charge in [-0.2, -0.15) is 5.21 Å². The highest BCUT2D eigenvalue weighted by Gasteiger charge is 2.16. The van der Waals surface area contributed by atoms with Gasteiger partial charge in [0.25, 0.3) is 0 Å². The number of nitrogens with zero attached hydrogens (tertiary/aromatic N) is 6. The Bertz CT molecular complexity index is 1210. The van der Waals surface area contributed by atoms with E-state index in [1.165, 1.54) is 0 Å². The number of hydrogen-bond acceptors (Lipinski definition) is 6. The summed E-state index contributed by atoms with van der Waals surface area (Å²) in [7, 11) is 0. The van der Waals surface area contributed by atoms with E-state index in [1.807, 2.05) is 35.0 Å². The maximum Gasteiger partial charge on any atom is 0.217 e. The molecular weight excluding hydrogens is 414 g/mol. The molecule has 4 aromatic rings. The largest absolute Gasteiger partial charge is 0.291 e. The number of allylic oxidation sites excluding steroid dienone is 1. The summed E-state index contributed by atoms with van der Waals surface area (Å²) >= 11 is 0. The van der Waals surface area contributed by atoms with Crippen molar-refractivity contribution in [1.82, 2.24) is 35.4 Å². The number of hydrogen-bond donors (Lipinski definition) is 1. The number of unbranched alkanes of at least 4 members (excludes halogenated alkanes) is 1. The SMILES string of the molecule is C=CCCn1nc(C(=O)CCCC)nc1Cc1ccc(-c2ccccc2-c2nn[nH]n2)cc1. The van der Waals surface area contributed by atoms with E-state index < -0.39 is 0 Å². The van der Waals surface area contributed by atoms with Crippen molar-refractivity contribution >= 4 is 5.78 Å². The lowest BCUT2D eigenvalue weighted by Gasteiger charge is -2.08. The average molecular weight is 442 g/mol. The molecule has 4 rings (SSSR count). The first kappa shape index (κ1) is 22.3. The lowest BCUT2D eigenvalue weighted by atomic mass is 9.98. The minimum Gasteiger partial charge on any atom is -0.291 e. The van der Waals surface area contributed by atoms with Crippen LogP contribution in [0.4, 0.5) is 0 Å². The lowest BCUT2D eigenvalue weighted by molar-refractivity contribution is 0.0969. The smallest absolute Gasteiger partial charge is 0.217 e. The molecule has 2 aromatic heterocycles. The van der Waals surface area contributed by atoms with Crippen molar-refractivity contribution in [1.29, 1.82) is 0 Å². The summed E-state index contributed by atoms with van der Waals surface area (Å²) in [5, 5.41) is 18.9. The molecule has 0 aliphatic heterocycles. The second-order valence-electron chi connectivity index (χ2n) is 7.83. The van der Waals surface area contributed by atoms with E-state index in [0.29, 0.717) is 31.0 Å². The first-order chi connectivity index (χ1) is 16.2. The van der Waals surface area contributed by atoms with Crippen LogP contribution < -0.4 is 0 Å². The van der Waals surface area contributed by atoms with E-state index in [0.717, 1.165) is 47.3 Å². The van der Waals surface area contributed by atoms with Crippen molar-refractivity contribution in [2.75, 3.05) is 0 Å². The molecule has 0 radical (unpaired) electrons. The third kappa shape index (κ3) is 5.28. The van der Waals surface area contributed by atoms with Crippen LogP contribution in [0.15, 0.2) is 61.2 Å². The van der Waals surface area contributed by atoms with Gasteiger partial charge in [0.05, 0.1) is 0 Å². The number of nitrogens with one attached hydrogen (secondary N) is 1. The van der Waals surface area contributed by atoms with Gasteiger partial charge in [-0.05, 0) is 34.7 Å². The Hall–Kier alpha value is -3.94. The number of rotatable bonds is 11. The van der Waals surface area contributed by atoms with E-state index in [9.17, 15) is 4.79 Å². The first-order valence-corrected chi connectivity index (χ1v) is 11.2. The van der Waals surface area contributed by atoms with Gasteiger partial charge in [-0.3, -0.25) is 4.79 Å². The topological polar surface area (TPSA) is 102 Å². The Kier molecular flexibility index (Phi) is 7.14. The molecule has 1 N–H and O–H groups in total. The van der Waals surface area contributed by atoms with E-state index in [2.05, 4.69) is 68.5 Å². The van der Waals surface area contributed by atoms with Gasteiger partial charge in [-0.1, -0.05) is 68.0 Å². The van der Waals surface area contributed by atoms with Crippen molar-refractivity contribution in [3.8, 4) is 22.5 Å². The van der Waals surface area contributed by atoms with Gasteiger partial charge in [-0.15, -0.1) is 21.9 Å². The van der Waals surface area contributed by atoms with Crippen LogP contribution in [-0.2, 0) is 13.0 Å². The Balaban J connectivity index is 1.57. The fourth-order valence-corrected chi connectivity index (χ4v) is 3.66. The standard InChI is InChI=1S/C25H27N7O/c1-3-5-11-22(33)25-26-23(32(29-25)16-6-4-2)17-18-12-14-19(15-13-18)20-9-7-8-10-21(20)24-27-30-31-28-24/h4,7-10,12-15H,2-3,5-6,11,16-17H2,1H3,(H,27,28,30,31). The third-order valence-corrected chi connectivity index (χ3v) is 5.44. The lowest BCUT2D eigenvalue weighted by Crippen LogP contribution is -2.07. The molecule has 168 valence electrons. The first-order valence-electron chi connectivity index (χ1n) is 11.2. The number of aromatic nitrogens is 7. The summed E-state index contributed by atoms with van der Waals surface area (Å²) in [6, 6.07) is 16.3. The summed E-state index contributed by atoms with van der Waals surface area (Å²) in [4.78, 5) is 17.0. The number of tetrazole rings is 1. The number of carbonyl (C=O) groups excluding carboxylic acids is 1. The summed E-state index contributed by atoms with van der Waals surface area (Å²) < 4.78 is 1.83. The molecule has 0 unspecified atom stereocenters. The Morgan fingerprint density at radius 1 is 1.12 bits per heavy atom. The Morgan fingerprint density at radius 2 is 1.91 bits per heavy atom. The van der Waals surface area contributed by atoms with Crippen molar-refractivity contribution in [2.24, 2.45) is 0 Å². The summed E-state index contributed by atoms with van der Waals surface area (Å²) in [6.07, 6.45) is 5.51. The second-order valence-corrected chi connectivity index (χ2v) is 7.83. The number of carbonyl (C=O) groups is 1. The van der Waals surface area contributed by atoms with E-state index >= 15 is 0 Å². The third-order valence-electron chi connectivity index (χ3n) is 5.44. The summed E-state index contributed by atoms with van der Waals surface area (Å²) in [5.74, 6) is 1.67. The highest BCUT2D eigenvalue weighted by molar-refractivity contribution is 5.92. The maximum atomic E-state index is 12.5. The predicted molar refractivity (Wildman–Crippen MR) is 127 cm³/mol.